The summed E-state index contributed by atoms with van der Waals surface area (Å²) < 4.78 is 23.6. The number of nitrogens with zero attached hydrogens (tertiary/aromatic N) is 1. The van der Waals surface area contributed by atoms with Gasteiger partial charge in [-0.2, -0.15) is 0 Å². The molecule has 1 amide bonds. The van der Waals surface area contributed by atoms with E-state index in [1.165, 1.54) is 96.3 Å². The lowest BCUT2D eigenvalue weighted by Gasteiger charge is -2.26. The van der Waals surface area contributed by atoms with Gasteiger partial charge in [-0.3, -0.25) is 13.8 Å². The van der Waals surface area contributed by atoms with Crippen LogP contribution >= 0.6 is 7.82 Å². The van der Waals surface area contributed by atoms with Gasteiger partial charge in [-0.05, 0) is 64.2 Å². The highest BCUT2D eigenvalue weighted by atomic mass is 31.2. The van der Waals surface area contributed by atoms with Crippen molar-refractivity contribution in [3.63, 3.8) is 0 Å². The number of nitrogens with one attached hydrogen (secondary N) is 1. The summed E-state index contributed by atoms with van der Waals surface area (Å²) in [6, 6.07) is -0.762. The number of allylic oxidation sites excluding steroid dienone is 12. The van der Waals surface area contributed by atoms with E-state index >= 15 is 0 Å². The maximum absolute atomic E-state index is 12.9. The Morgan fingerprint density at radius 1 is 0.574 bits per heavy atom. The third-order valence-electron chi connectivity index (χ3n) is 10.7. The molecule has 61 heavy (non-hydrogen) atoms. The Morgan fingerprint density at radius 3 is 1.44 bits per heavy atom. The summed E-state index contributed by atoms with van der Waals surface area (Å²) in [6.45, 7) is 4.72. The van der Waals surface area contributed by atoms with Crippen LogP contribution < -0.4 is 5.32 Å². The molecule has 3 unspecified atom stereocenters. The van der Waals surface area contributed by atoms with Gasteiger partial charge in [-0.25, -0.2) is 4.57 Å². The normalized spacial score (nSPS) is 14.8. The second-order valence-electron chi connectivity index (χ2n) is 17.8. The molecule has 0 aliphatic rings. The number of amides is 1. The Balaban J connectivity index is 4.03. The van der Waals surface area contributed by atoms with Crippen LogP contribution in [0.2, 0.25) is 0 Å². The molecule has 8 nitrogen and oxygen atoms in total. The SMILES string of the molecule is CC/C=C\C/C=C\C/C=C\C/C=C\C/C=C\C/C=C\CCCCCCCCCCCCCCC(=O)NC(COP(=O)(O)OCC[N+](C)(C)C)C(O)CCCCCCCCCC. The Labute approximate surface area is 376 Å². The molecule has 9 heteroatoms. The number of aliphatic hydroxyl groups excluding tert-OH is 1. The number of phosphoric acid groups is 1. The van der Waals surface area contributed by atoms with Crippen LogP contribution in [0.5, 0.6) is 0 Å². The highest BCUT2D eigenvalue weighted by Crippen LogP contribution is 2.43. The van der Waals surface area contributed by atoms with Crippen molar-refractivity contribution < 1.29 is 32.9 Å². The summed E-state index contributed by atoms with van der Waals surface area (Å²) in [6.07, 6.45) is 58.2. The molecule has 0 fully saturated rings. The van der Waals surface area contributed by atoms with Crippen LogP contribution in [0.1, 0.15) is 200 Å². The molecule has 0 rings (SSSR count). The smallest absolute Gasteiger partial charge is 0.391 e. The molecule has 0 aromatic heterocycles. The third-order valence-corrected chi connectivity index (χ3v) is 11.7. The van der Waals surface area contributed by atoms with Crippen LogP contribution in [-0.4, -0.2) is 73.4 Å². The van der Waals surface area contributed by atoms with Crippen molar-refractivity contribution >= 4 is 13.7 Å². The minimum absolute atomic E-state index is 0.0714. The quantitative estimate of drug-likeness (QED) is 0.0244. The number of rotatable bonds is 44. The fourth-order valence-electron chi connectivity index (χ4n) is 6.81. The van der Waals surface area contributed by atoms with Gasteiger partial charge in [0.15, 0.2) is 0 Å². The second kappa shape index (κ2) is 43.2. The van der Waals surface area contributed by atoms with Crippen molar-refractivity contribution in [2.75, 3.05) is 40.9 Å². The summed E-state index contributed by atoms with van der Waals surface area (Å²) in [5, 5.41) is 13.9. The van der Waals surface area contributed by atoms with Gasteiger partial charge < -0.3 is 19.8 Å². The molecule has 354 valence electrons. The van der Waals surface area contributed by atoms with Gasteiger partial charge in [-0.15, -0.1) is 0 Å². The van der Waals surface area contributed by atoms with Gasteiger partial charge in [-0.1, -0.05) is 202 Å². The average molecular weight is 876 g/mol. The Kier molecular flexibility index (Phi) is 41.7. The van der Waals surface area contributed by atoms with E-state index in [-0.39, 0.29) is 19.1 Å². The van der Waals surface area contributed by atoms with Gasteiger partial charge in [0, 0.05) is 6.42 Å². The number of hydrogen-bond donors (Lipinski definition) is 3. The zero-order chi connectivity index (χ0) is 45.0. The zero-order valence-electron chi connectivity index (χ0n) is 40.1. The van der Waals surface area contributed by atoms with Crippen molar-refractivity contribution in [2.24, 2.45) is 0 Å². The summed E-state index contributed by atoms with van der Waals surface area (Å²) in [4.78, 5) is 23.1. The fourth-order valence-corrected chi connectivity index (χ4v) is 7.55. The van der Waals surface area contributed by atoms with Crippen molar-refractivity contribution in [3.8, 4) is 0 Å². The molecular formula is C52H96N2O6P+. The minimum atomic E-state index is -4.31. The topological polar surface area (TPSA) is 105 Å². The van der Waals surface area contributed by atoms with Crippen LogP contribution in [0, 0.1) is 0 Å². The van der Waals surface area contributed by atoms with E-state index in [0.717, 1.165) is 77.0 Å². The van der Waals surface area contributed by atoms with E-state index < -0.39 is 20.0 Å². The molecule has 0 aromatic carbocycles. The van der Waals surface area contributed by atoms with Gasteiger partial charge in [0.1, 0.15) is 13.2 Å². The zero-order valence-corrected chi connectivity index (χ0v) is 41.0. The van der Waals surface area contributed by atoms with Crippen LogP contribution in [0.3, 0.4) is 0 Å². The Morgan fingerprint density at radius 2 is 0.984 bits per heavy atom. The average Bonchev–Trinajstić information content (AvgIpc) is 3.21. The number of aliphatic hydroxyl groups is 1. The van der Waals surface area contributed by atoms with Crippen molar-refractivity contribution in [1.82, 2.24) is 5.32 Å². The molecule has 0 spiro atoms. The molecule has 0 heterocycles. The molecule has 0 saturated heterocycles. The van der Waals surface area contributed by atoms with Crippen molar-refractivity contribution in [1.29, 1.82) is 0 Å². The molecule has 0 radical (unpaired) electrons. The first-order valence-electron chi connectivity index (χ1n) is 24.8. The van der Waals surface area contributed by atoms with Crippen LogP contribution in [0.25, 0.3) is 0 Å². The number of likely N-dealkylation sites (N-methyl/N-ethyl adjacent to an activating group) is 1. The molecular weight excluding hydrogens is 780 g/mol. The number of unbranched alkanes of at least 4 members (excludes halogenated alkanes) is 19. The van der Waals surface area contributed by atoms with Gasteiger partial charge in [0.25, 0.3) is 0 Å². The predicted molar refractivity (Wildman–Crippen MR) is 263 cm³/mol. The molecule has 0 aliphatic heterocycles. The Bertz CT molecular complexity index is 1220. The first-order chi connectivity index (χ1) is 29.5. The fraction of sp³-hybridized carbons (Fsp3) is 0.750. The molecule has 0 bridgehead atoms. The predicted octanol–water partition coefficient (Wildman–Crippen LogP) is 14.4. The lowest BCUT2D eigenvalue weighted by atomic mass is 10.0. The number of carbonyl (C=O) groups excluding carboxylic acids is 1. The highest BCUT2D eigenvalue weighted by Gasteiger charge is 2.28. The summed E-state index contributed by atoms with van der Waals surface area (Å²) >= 11 is 0. The lowest BCUT2D eigenvalue weighted by molar-refractivity contribution is -0.870. The molecule has 0 aliphatic carbocycles. The van der Waals surface area contributed by atoms with E-state index in [0.29, 0.717) is 23.9 Å². The van der Waals surface area contributed by atoms with E-state index in [4.69, 9.17) is 9.05 Å². The van der Waals surface area contributed by atoms with E-state index in [2.05, 4.69) is 92.1 Å². The third kappa shape index (κ3) is 45.8. The second-order valence-corrected chi connectivity index (χ2v) is 19.3. The molecule has 3 N–H and O–H groups in total. The summed E-state index contributed by atoms with van der Waals surface area (Å²) in [5.41, 5.74) is 0. The standard InChI is InChI=1S/C52H95N2O6P/c1-6-8-10-12-14-16-17-18-19-20-21-22-23-24-25-26-27-28-29-30-31-32-33-34-35-36-37-38-40-42-44-46-52(56)53-50(49-60-61(57,58)59-48-47-54(3,4)5)51(55)45-43-41-39-15-13-11-9-7-2/h8,10,14,16,18-19,21-22,24-25,27-28,50-51,55H,6-7,9,11-13,15,17,20,23,26,29-49H2,1-5H3,(H-,53,56,57,58)/p+1/b10-8-,16-14-,19-18-,22-21-,25-24-,28-27-. The van der Waals surface area contributed by atoms with Crippen LogP contribution in [0.15, 0.2) is 72.9 Å². The number of carbonyl (C=O) groups is 1. The molecule has 3 atom stereocenters. The number of hydrogen-bond acceptors (Lipinski definition) is 5. The largest absolute Gasteiger partial charge is 0.472 e. The Hall–Kier alpha value is -2.06. The van der Waals surface area contributed by atoms with Gasteiger partial charge in [0.05, 0.1) is 39.9 Å². The highest BCUT2D eigenvalue weighted by molar-refractivity contribution is 7.47. The first kappa shape index (κ1) is 58.9. The van der Waals surface area contributed by atoms with Crippen LogP contribution in [0.4, 0.5) is 0 Å². The van der Waals surface area contributed by atoms with Gasteiger partial charge >= 0.3 is 7.82 Å². The van der Waals surface area contributed by atoms with E-state index in [1.54, 1.807) is 0 Å². The summed E-state index contributed by atoms with van der Waals surface area (Å²) in [5.74, 6) is -0.153. The van der Waals surface area contributed by atoms with E-state index in [1.807, 2.05) is 21.1 Å². The van der Waals surface area contributed by atoms with Crippen LogP contribution in [-0.2, 0) is 18.4 Å². The maximum Gasteiger partial charge on any atom is 0.472 e. The number of phosphoric ester groups is 1. The molecule has 0 aromatic rings. The first-order valence-corrected chi connectivity index (χ1v) is 26.3. The minimum Gasteiger partial charge on any atom is -0.391 e. The van der Waals surface area contributed by atoms with Gasteiger partial charge in [0.2, 0.25) is 5.91 Å². The monoisotopic (exact) mass is 876 g/mol. The summed E-state index contributed by atoms with van der Waals surface area (Å²) in [7, 11) is 1.60. The molecule has 0 saturated carbocycles. The van der Waals surface area contributed by atoms with Crippen molar-refractivity contribution in [3.05, 3.63) is 72.9 Å². The van der Waals surface area contributed by atoms with Crippen molar-refractivity contribution in [2.45, 2.75) is 212 Å². The maximum atomic E-state index is 12.9. The van der Waals surface area contributed by atoms with E-state index in [9.17, 15) is 19.4 Å². The number of quaternary nitrogens is 1. The lowest BCUT2D eigenvalue weighted by Crippen LogP contribution is -2.46.